The molecular weight excluding hydrogens is 312 g/mol. The molecule has 0 aliphatic carbocycles. The van der Waals surface area contributed by atoms with E-state index in [-0.39, 0.29) is 24.9 Å². The molecule has 0 aliphatic heterocycles. The second-order valence-corrected chi connectivity index (χ2v) is 5.42. The third kappa shape index (κ3) is 4.87. The van der Waals surface area contributed by atoms with E-state index in [9.17, 15) is 9.59 Å². The first-order valence-corrected chi connectivity index (χ1v) is 7.55. The van der Waals surface area contributed by atoms with Gasteiger partial charge in [0, 0.05) is 5.56 Å². The molecule has 0 amide bonds. The second kappa shape index (κ2) is 8.19. The summed E-state index contributed by atoms with van der Waals surface area (Å²) in [5.41, 5.74) is 1.26. The van der Waals surface area contributed by atoms with Gasteiger partial charge in [-0.05, 0) is 37.6 Å². The van der Waals surface area contributed by atoms with Crippen LogP contribution in [0.1, 0.15) is 35.5 Å². The summed E-state index contributed by atoms with van der Waals surface area (Å²) < 4.78 is 20.4. The van der Waals surface area contributed by atoms with E-state index in [1.165, 1.54) is 13.4 Å². The average Bonchev–Trinajstić information content (AvgIpc) is 3.00. The lowest BCUT2D eigenvalue weighted by Crippen LogP contribution is -2.10. The minimum Gasteiger partial charge on any atom is -0.491 e. The van der Waals surface area contributed by atoms with Gasteiger partial charge in [-0.2, -0.15) is 0 Å². The van der Waals surface area contributed by atoms with E-state index < -0.39 is 11.9 Å². The fraction of sp³-hybridized carbons (Fsp3) is 0.333. The van der Waals surface area contributed by atoms with Crippen molar-refractivity contribution in [3.05, 3.63) is 53.5 Å². The Bertz CT molecular complexity index is 701. The van der Waals surface area contributed by atoms with Crippen molar-refractivity contribution in [3.8, 4) is 5.75 Å². The van der Waals surface area contributed by atoms with Crippen molar-refractivity contribution >= 4 is 11.9 Å². The van der Waals surface area contributed by atoms with Crippen LogP contribution in [-0.2, 0) is 27.3 Å². The van der Waals surface area contributed by atoms with Gasteiger partial charge >= 0.3 is 11.9 Å². The summed E-state index contributed by atoms with van der Waals surface area (Å²) in [5, 5.41) is 0. The van der Waals surface area contributed by atoms with Crippen molar-refractivity contribution in [1.29, 1.82) is 0 Å². The summed E-state index contributed by atoms with van der Waals surface area (Å²) >= 11 is 0. The van der Waals surface area contributed by atoms with Crippen LogP contribution in [0.2, 0.25) is 0 Å². The van der Waals surface area contributed by atoms with Gasteiger partial charge in [0.1, 0.15) is 12.4 Å². The van der Waals surface area contributed by atoms with Crippen LogP contribution in [-0.4, -0.2) is 25.2 Å². The number of methoxy groups -OCH3 is 1. The van der Waals surface area contributed by atoms with Gasteiger partial charge in [0.05, 0.1) is 25.9 Å². The lowest BCUT2D eigenvalue weighted by Gasteiger charge is -2.10. The zero-order valence-corrected chi connectivity index (χ0v) is 13.9. The molecule has 0 spiro atoms. The average molecular weight is 332 g/mol. The van der Waals surface area contributed by atoms with Crippen LogP contribution in [0.15, 0.2) is 41.0 Å². The smallest absolute Gasteiger partial charge is 0.374 e. The summed E-state index contributed by atoms with van der Waals surface area (Å²) in [7, 11) is 1.26. The molecule has 6 nitrogen and oxygen atoms in total. The van der Waals surface area contributed by atoms with Crippen LogP contribution in [0.4, 0.5) is 0 Å². The number of hydrogen-bond donors (Lipinski definition) is 0. The Kier molecular flexibility index (Phi) is 6.01. The van der Waals surface area contributed by atoms with Gasteiger partial charge < -0.3 is 18.6 Å². The first-order chi connectivity index (χ1) is 11.5. The molecule has 1 aromatic heterocycles. The molecule has 2 rings (SSSR count). The molecule has 0 fully saturated rings. The standard InChI is InChI=1S/C18H20O6/c1-12(2)24-15-6-4-5-13(9-15)10-16(19)23-11-14-7-8-22-17(14)18(20)21-3/h4-9,12H,10-11H2,1-3H3. The van der Waals surface area contributed by atoms with E-state index in [1.54, 1.807) is 12.1 Å². The predicted octanol–water partition coefficient (Wildman–Crippen LogP) is 3.14. The molecular formula is C18H20O6. The second-order valence-electron chi connectivity index (χ2n) is 5.42. The largest absolute Gasteiger partial charge is 0.491 e. The molecule has 1 aromatic carbocycles. The summed E-state index contributed by atoms with van der Waals surface area (Å²) in [6.45, 7) is 3.82. The van der Waals surface area contributed by atoms with Crippen LogP contribution in [0.5, 0.6) is 5.75 Å². The number of furan rings is 1. The maximum Gasteiger partial charge on any atom is 0.374 e. The first kappa shape index (κ1) is 17.6. The predicted molar refractivity (Wildman–Crippen MR) is 85.8 cm³/mol. The van der Waals surface area contributed by atoms with Crippen molar-refractivity contribution in [2.45, 2.75) is 33.0 Å². The number of ether oxygens (including phenoxy) is 3. The Hall–Kier alpha value is -2.76. The van der Waals surface area contributed by atoms with Crippen LogP contribution in [0, 0.1) is 0 Å². The topological polar surface area (TPSA) is 75.0 Å². The minimum atomic E-state index is -0.607. The van der Waals surface area contributed by atoms with Gasteiger partial charge in [0.2, 0.25) is 5.76 Å². The normalized spacial score (nSPS) is 10.5. The van der Waals surface area contributed by atoms with Crippen LogP contribution >= 0.6 is 0 Å². The van der Waals surface area contributed by atoms with Gasteiger partial charge in [0.15, 0.2) is 0 Å². The number of carbonyl (C=O) groups excluding carboxylic acids is 2. The Morgan fingerprint density at radius 3 is 2.71 bits per heavy atom. The molecule has 128 valence electrons. The van der Waals surface area contributed by atoms with Crippen molar-refractivity contribution in [2.75, 3.05) is 7.11 Å². The Labute approximate surface area is 140 Å². The number of hydrogen-bond acceptors (Lipinski definition) is 6. The maximum absolute atomic E-state index is 12.0. The molecule has 0 atom stereocenters. The van der Waals surface area contributed by atoms with Crippen LogP contribution < -0.4 is 4.74 Å². The number of rotatable bonds is 7. The van der Waals surface area contributed by atoms with Crippen molar-refractivity contribution in [3.63, 3.8) is 0 Å². The van der Waals surface area contributed by atoms with E-state index in [2.05, 4.69) is 4.74 Å². The fourth-order valence-corrected chi connectivity index (χ4v) is 2.10. The third-order valence-electron chi connectivity index (χ3n) is 3.12. The number of carbonyl (C=O) groups is 2. The van der Waals surface area contributed by atoms with Crippen LogP contribution in [0.3, 0.4) is 0 Å². The molecule has 0 aliphatic rings. The highest BCUT2D eigenvalue weighted by molar-refractivity contribution is 5.87. The van der Waals surface area contributed by atoms with E-state index in [0.717, 1.165) is 5.56 Å². The zero-order valence-electron chi connectivity index (χ0n) is 13.9. The van der Waals surface area contributed by atoms with Crippen molar-refractivity contribution < 1.29 is 28.2 Å². The highest BCUT2D eigenvalue weighted by Crippen LogP contribution is 2.17. The van der Waals surface area contributed by atoms with Crippen molar-refractivity contribution in [2.24, 2.45) is 0 Å². The molecule has 0 radical (unpaired) electrons. The van der Waals surface area contributed by atoms with Gasteiger partial charge in [-0.25, -0.2) is 4.79 Å². The van der Waals surface area contributed by atoms with E-state index in [4.69, 9.17) is 13.9 Å². The zero-order chi connectivity index (χ0) is 17.5. The first-order valence-electron chi connectivity index (χ1n) is 7.55. The molecule has 2 aromatic rings. The molecule has 1 heterocycles. The molecule has 0 saturated carbocycles. The molecule has 0 N–H and O–H groups in total. The molecule has 0 unspecified atom stereocenters. The summed E-state index contributed by atoms with van der Waals surface area (Å²) in [6.07, 6.45) is 1.52. The van der Waals surface area contributed by atoms with Gasteiger partial charge in [0.25, 0.3) is 0 Å². The SMILES string of the molecule is COC(=O)c1occc1COC(=O)Cc1cccc(OC(C)C)c1. The Morgan fingerprint density at radius 1 is 1.21 bits per heavy atom. The van der Waals surface area contributed by atoms with Crippen molar-refractivity contribution in [1.82, 2.24) is 0 Å². The third-order valence-corrected chi connectivity index (χ3v) is 3.12. The lowest BCUT2D eigenvalue weighted by molar-refractivity contribution is -0.144. The lowest BCUT2D eigenvalue weighted by atomic mass is 10.1. The maximum atomic E-state index is 12.0. The number of esters is 2. The monoisotopic (exact) mass is 332 g/mol. The van der Waals surface area contributed by atoms with Gasteiger partial charge in [-0.1, -0.05) is 12.1 Å². The Morgan fingerprint density at radius 2 is 2.00 bits per heavy atom. The fourth-order valence-electron chi connectivity index (χ4n) is 2.10. The summed E-state index contributed by atoms with van der Waals surface area (Å²) in [4.78, 5) is 23.5. The van der Waals surface area contributed by atoms with Crippen LogP contribution in [0.25, 0.3) is 0 Å². The quantitative estimate of drug-likeness (QED) is 0.725. The molecule has 24 heavy (non-hydrogen) atoms. The van der Waals surface area contributed by atoms with E-state index in [0.29, 0.717) is 11.3 Å². The van der Waals surface area contributed by atoms with E-state index >= 15 is 0 Å². The van der Waals surface area contributed by atoms with E-state index in [1.807, 2.05) is 32.0 Å². The highest BCUT2D eigenvalue weighted by Gasteiger charge is 2.17. The Balaban J connectivity index is 1.92. The molecule has 6 heteroatoms. The number of benzene rings is 1. The summed E-state index contributed by atoms with van der Waals surface area (Å²) in [5.74, 6) is -0.269. The highest BCUT2D eigenvalue weighted by atomic mass is 16.5. The minimum absolute atomic E-state index is 0.0395. The molecule has 0 saturated heterocycles. The van der Waals surface area contributed by atoms with Gasteiger partial charge in [-0.15, -0.1) is 0 Å². The summed E-state index contributed by atoms with van der Waals surface area (Å²) in [6, 6.07) is 8.86. The van der Waals surface area contributed by atoms with Gasteiger partial charge in [-0.3, -0.25) is 4.79 Å². The molecule has 0 bridgehead atoms.